The van der Waals surface area contributed by atoms with Crippen LogP contribution in [0.3, 0.4) is 0 Å². The number of morpholine rings is 1. The number of alkyl halides is 3. The third kappa shape index (κ3) is 3.23. The molecule has 3 rings (SSSR count). The number of hydrogen-bond acceptors (Lipinski definition) is 4. The highest BCUT2D eigenvalue weighted by Crippen LogP contribution is 2.29. The topological polar surface area (TPSA) is 78.5 Å². The van der Waals surface area contributed by atoms with Gasteiger partial charge in [-0.15, -0.1) is 0 Å². The van der Waals surface area contributed by atoms with Gasteiger partial charge in [-0.25, -0.2) is 0 Å². The average Bonchev–Trinajstić information content (AvgIpc) is 3.23. The molecule has 0 spiro atoms. The van der Waals surface area contributed by atoms with Gasteiger partial charge in [0.15, 0.2) is 5.69 Å². The second-order valence-electron chi connectivity index (χ2n) is 5.76. The lowest BCUT2D eigenvalue weighted by Gasteiger charge is -2.32. The number of ether oxygens (including phenoxy) is 1. The Balaban J connectivity index is 1.73. The average molecular weight is 346 g/mol. The zero-order chi connectivity index (χ0) is 17.3. The standard InChI is InChI=1S/C14H17F3N4O3/c15-14(16,17)11-8-9(18-19-11)12(22)21-3-1-2-10(21)13(23)20-4-6-24-7-5-20/h8,10H,1-7H2,(H,18,19)/t10-/m0/s1. The van der Waals surface area contributed by atoms with Gasteiger partial charge >= 0.3 is 6.18 Å². The lowest BCUT2D eigenvalue weighted by atomic mass is 10.1. The smallest absolute Gasteiger partial charge is 0.378 e. The van der Waals surface area contributed by atoms with E-state index in [1.165, 1.54) is 4.90 Å². The lowest BCUT2D eigenvalue weighted by Crippen LogP contribution is -2.51. The summed E-state index contributed by atoms with van der Waals surface area (Å²) in [7, 11) is 0. The normalized spacial score (nSPS) is 22.0. The summed E-state index contributed by atoms with van der Waals surface area (Å²) in [5.41, 5.74) is -1.41. The largest absolute Gasteiger partial charge is 0.432 e. The van der Waals surface area contributed by atoms with E-state index in [1.54, 1.807) is 4.90 Å². The molecule has 0 aliphatic carbocycles. The molecular formula is C14H17F3N4O3. The molecule has 1 aromatic rings. The Bertz CT molecular complexity index is 625. The van der Waals surface area contributed by atoms with Crippen molar-refractivity contribution in [3.63, 3.8) is 0 Å². The van der Waals surface area contributed by atoms with Gasteiger partial charge in [-0.3, -0.25) is 14.7 Å². The first kappa shape index (κ1) is 16.7. The van der Waals surface area contributed by atoms with E-state index in [0.717, 1.165) is 0 Å². The van der Waals surface area contributed by atoms with E-state index in [-0.39, 0.29) is 11.6 Å². The van der Waals surface area contributed by atoms with Gasteiger partial charge in [0.2, 0.25) is 5.91 Å². The van der Waals surface area contributed by atoms with Gasteiger partial charge < -0.3 is 14.5 Å². The fourth-order valence-electron chi connectivity index (χ4n) is 2.98. The third-order valence-electron chi connectivity index (χ3n) is 4.22. The Kier molecular flexibility index (Phi) is 4.48. The van der Waals surface area contributed by atoms with E-state index in [9.17, 15) is 22.8 Å². The highest BCUT2D eigenvalue weighted by atomic mass is 19.4. The zero-order valence-corrected chi connectivity index (χ0v) is 12.8. The van der Waals surface area contributed by atoms with Crippen LogP contribution < -0.4 is 0 Å². The molecule has 2 aliphatic rings. The summed E-state index contributed by atoms with van der Waals surface area (Å²) in [6.07, 6.45) is -3.47. The summed E-state index contributed by atoms with van der Waals surface area (Å²) in [4.78, 5) is 28.0. The summed E-state index contributed by atoms with van der Waals surface area (Å²) in [6, 6.07) is 0.0262. The molecule has 1 aromatic heterocycles. The van der Waals surface area contributed by atoms with Crippen LogP contribution in [-0.4, -0.2) is 70.7 Å². The first-order chi connectivity index (χ1) is 11.4. The van der Waals surface area contributed by atoms with Crippen LogP contribution in [0, 0.1) is 0 Å². The lowest BCUT2D eigenvalue weighted by molar-refractivity contribution is -0.141. The molecule has 2 aliphatic heterocycles. The van der Waals surface area contributed by atoms with Crippen molar-refractivity contribution in [3.05, 3.63) is 17.5 Å². The number of aromatic nitrogens is 2. The van der Waals surface area contributed by atoms with Crippen LogP contribution in [0.15, 0.2) is 6.07 Å². The van der Waals surface area contributed by atoms with Crippen LogP contribution >= 0.6 is 0 Å². The van der Waals surface area contributed by atoms with Crippen molar-refractivity contribution >= 4 is 11.8 Å². The van der Waals surface area contributed by atoms with Crippen LogP contribution in [0.5, 0.6) is 0 Å². The van der Waals surface area contributed by atoms with E-state index >= 15 is 0 Å². The molecule has 7 nitrogen and oxygen atoms in total. The highest BCUT2D eigenvalue weighted by molar-refractivity contribution is 5.96. The van der Waals surface area contributed by atoms with Gasteiger partial charge in [0.05, 0.1) is 13.2 Å². The number of likely N-dealkylation sites (tertiary alicyclic amines) is 1. The van der Waals surface area contributed by atoms with Gasteiger partial charge in [0.25, 0.3) is 5.91 Å². The number of carbonyl (C=O) groups is 2. The molecule has 0 bridgehead atoms. The second-order valence-corrected chi connectivity index (χ2v) is 5.76. The van der Waals surface area contributed by atoms with E-state index in [2.05, 4.69) is 5.10 Å². The molecule has 1 atom stereocenters. The minimum Gasteiger partial charge on any atom is -0.378 e. The molecule has 2 amide bonds. The van der Waals surface area contributed by atoms with E-state index in [0.29, 0.717) is 51.8 Å². The Morgan fingerprint density at radius 1 is 1.25 bits per heavy atom. The van der Waals surface area contributed by atoms with Crippen molar-refractivity contribution in [3.8, 4) is 0 Å². The fraction of sp³-hybridized carbons (Fsp3) is 0.643. The maximum absolute atomic E-state index is 12.6. The monoisotopic (exact) mass is 346 g/mol. The van der Waals surface area contributed by atoms with Crippen LogP contribution in [0.2, 0.25) is 0 Å². The van der Waals surface area contributed by atoms with Gasteiger partial charge in [-0.1, -0.05) is 0 Å². The number of halogens is 3. The highest BCUT2D eigenvalue weighted by Gasteiger charge is 2.39. The summed E-state index contributed by atoms with van der Waals surface area (Å²) in [5.74, 6) is -0.846. The van der Waals surface area contributed by atoms with Crippen molar-refractivity contribution in [2.24, 2.45) is 0 Å². The van der Waals surface area contributed by atoms with Crippen molar-refractivity contribution in [1.29, 1.82) is 0 Å². The zero-order valence-electron chi connectivity index (χ0n) is 12.8. The number of H-pyrrole nitrogens is 1. The number of carbonyl (C=O) groups excluding carboxylic acids is 2. The second kappa shape index (κ2) is 6.42. The number of amides is 2. The molecule has 3 heterocycles. The molecule has 1 N–H and O–H groups in total. The molecule has 10 heteroatoms. The Labute approximate surface area is 135 Å². The van der Waals surface area contributed by atoms with Crippen LogP contribution in [0.4, 0.5) is 13.2 Å². The first-order valence-electron chi connectivity index (χ1n) is 7.68. The minimum atomic E-state index is -4.60. The molecule has 24 heavy (non-hydrogen) atoms. The van der Waals surface area contributed by atoms with E-state index in [4.69, 9.17) is 4.74 Å². The molecule has 0 aromatic carbocycles. The molecule has 0 unspecified atom stereocenters. The van der Waals surface area contributed by atoms with Crippen LogP contribution in [0.25, 0.3) is 0 Å². The number of aromatic amines is 1. The van der Waals surface area contributed by atoms with E-state index in [1.807, 2.05) is 5.10 Å². The van der Waals surface area contributed by atoms with Crippen molar-refractivity contribution in [1.82, 2.24) is 20.0 Å². The minimum absolute atomic E-state index is 0.185. The van der Waals surface area contributed by atoms with Gasteiger partial charge in [0, 0.05) is 25.7 Å². The van der Waals surface area contributed by atoms with Gasteiger partial charge in [0.1, 0.15) is 11.7 Å². The molecule has 2 fully saturated rings. The number of hydrogen-bond donors (Lipinski definition) is 1. The Morgan fingerprint density at radius 3 is 2.58 bits per heavy atom. The number of rotatable bonds is 2. The van der Waals surface area contributed by atoms with Crippen LogP contribution in [0.1, 0.15) is 29.0 Å². The predicted molar refractivity (Wildman–Crippen MR) is 75.0 cm³/mol. The summed E-state index contributed by atoms with van der Waals surface area (Å²) < 4.78 is 43.1. The van der Waals surface area contributed by atoms with Crippen molar-refractivity contribution in [2.75, 3.05) is 32.8 Å². The van der Waals surface area contributed by atoms with E-state index < -0.39 is 23.8 Å². The molecular weight excluding hydrogens is 329 g/mol. The summed E-state index contributed by atoms with van der Waals surface area (Å²) in [5, 5.41) is 5.28. The quantitative estimate of drug-likeness (QED) is 0.863. The maximum Gasteiger partial charge on any atom is 0.432 e. The third-order valence-corrected chi connectivity index (χ3v) is 4.22. The molecule has 0 saturated carbocycles. The van der Waals surface area contributed by atoms with Crippen molar-refractivity contribution < 1.29 is 27.5 Å². The molecule has 2 saturated heterocycles. The fourth-order valence-corrected chi connectivity index (χ4v) is 2.98. The van der Waals surface area contributed by atoms with Crippen molar-refractivity contribution in [2.45, 2.75) is 25.1 Å². The van der Waals surface area contributed by atoms with Crippen LogP contribution in [-0.2, 0) is 15.7 Å². The Hall–Kier alpha value is -2.10. The van der Waals surface area contributed by atoms with Gasteiger partial charge in [-0.2, -0.15) is 18.3 Å². The predicted octanol–water partition coefficient (Wildman–Crippen LogP) is 0.892. The first-order valence-corrected chi connectivity index (χ1v) is 7.68. The van der Waals surface area contributed by atoms with Gasteiger partial charge in [-0.05, 0) is 12.8 Å². The maximum atomic E-state index is 12.6. The number of nitrogens with one attached hydrogen (secondary N) is 1. The SMILES string of the molecule is O=C([C@@H]1CCCN1C(=O)c1cc(C(F)(F)F)[nH]n1)N1CCOCC1. The molecule has 0 radical (unpaired) electrons. The summed E-state index contributed by atoms with van der Waals surface area (Å²) >= 11 is 0. The Morgan fingerprint density at radius 2 is 1.96 bits per heavy atom. The summed E-state index contributed by atoms with van der Waals surface area (Å²) in [6.45, 7) is 2.13. The number of nitrogens with zero attached hydrogens (tertiary/aromatic N) is 3. The molecule has 132 valence electrons.